The average Bonchev–Trinajstić information content (AvgIpc) is 2.42. The van der Waals surface area contributed by atoms with Crippen molar-refractivity contribution in [1.29, 1.82) is 0 Å². The van der Waals surface area contributed by atoms with Gasteiger partial charge in [0.2, 0.25) is 0 Å². The van der Waals surface area contributed by atoms with Crippen LogP contribution in [0.2, 0.25) is 0 Å². The number of carboxylic acid groups (broad SMARTS) is 1. The number of carbonyl (C=O) groups is 1. The Labute approximate surface area is 127 Å². The van der Waals surface area contributed by atoms with E-state index in [2.05, 4.69) is 20.8 Å². The summed E-state index contributed by atoms with van der Waals surface area (Å²) in [5.74, 6) is -0.434. The molecule has 1 aliphatic rings. The number of carboxylic acids is 1. The van der Waals surface area contributed by atoms with Crippen molar-refractivity contribution < 1.29 is 15.0 Å². The maximum absolute atomic E-state index is 10.7. The van der Waals surface area contributed by atoms with E-state index in [1.807, 2.05) is 12.1 Å². The van der Waals surface area contributed by atoms with Crippen molar-refractivity contribution in [2.24, 2.45) is 0 Å². The second-order valence-electron chi connectivity index (χ2n) is 5.33. The van der Waals surface area contributed by atoms with Gasteiger partial charge in [-0.25, -0.2) is 0 Å². The lowest BCUT2D eigenvalue weighted by Gasteiger charge is -2.35. The first-order valence-corrected chi connectivity index (χ1v) is 7.79. The van der Waals surface area contributed by atoms with Crippen LogP contribution in [0.5, 0.6) is 5.75 Å². The van der Waals surface area contributed by atoms with Crippen molar-refractivity contribution >= 4 is 21.9 Å². The molecule has 2 rings (SSSR count). The normalized spacial score (nSPS) is 19.9. The highest BCUT2D eigenvalue weighted by Crippen LogP contribution is 2.27. The first kappa shape index (κ1) is 15.3. The largest absolute Gasteiger partial charge is 0.508 e. The van der Waals surface area contributed by atoms with Crippen LogP contribution in [0, 0.1) is 0 Å². The van der Waals surface area contributed by atoms with E-state index >= 15 is 0 Å². The fraction of sp³-hybridized carbons (Fsp3) is 0.533. The Morgan fingerprint density at radius 1 is 1.40 bits per heavy atom. The Morgan fingerprint density at radius 3 is 2.95 bits per heavy atom. The third-order valence-corrected chi connectivity index (χ3v) is 4.35. The van der Waals surface area contributed by atoms with E-state index in [0.717, 1.165) is 35.8 Å². The summed E-state index contributed by atoms with van der Waals surface area (Å²) in [4.78, 5) is 13.0. The summed E-state index contributed by atoms with van der Waals surface area (Å²) in [6, 6.07) is 5.74. The summed E-state index contributed by atoms with van der Waals surface area (Å²) >= 11 is 3.42. The van der Waals surface area contributed by atoms with E-state index in [0.29, 0.717) is 24.8 Å². The summed E-state index contributed by atoms with van der Waals surface area (Å²) in [5.41, 5.74) is 0.890. The molecule has 0 radical (unpaired) electrons. The van der Waals surface area contributed by atoms with E-state index in [1.54, 1.807) is 6.07 Å². The lowest BCUT2D eigenvalue weighted by atomic mass is 9.97. The van der Waals surface area contributed by atoms with Gasteiger partial charge in [0.25, 0.3) is 0 Å². The summed E-state index contributed by atoms with van der Waals surface area (Å²) in [6.45, 7) is 1.64. The third-order valence-electron chi connectivity index (χ3n) is 3.86. The molecular formula is C15H20BrNO3. The zero-order valence-electron chi connectivity index (χ0n) is 11.4. The van der Waals surface area contributed by atoms with Crippen LogP contribution in [-0.4, -0.2) is 33.7 Å². The molecule has 0 aliphatic carbocycles. The number of aromatic hydroxyl groups is 1. The summed E-state index contributed by atoms with van der Waals surface area (Å²) in [7, 11) is 0. The van der Waals surface area contributed by atoms with Gasteiger partial charge in [0, 0.05) is 29.0 Å². The predicted octanol–water partition coefficient (Wildman–Crippen LogP) is 3.37. The van der Waals surface area contributed by atoms with E-state index in [9.17, 15) is 9.90 Å². The molecule has 1 heterocycles. The van der Waals surface area contributed by atoms with Gasteiger partial charge in [-0.1, -0.05) is 22.4 Å². The molecule has 0 bridgehead atoms. The summed E-state index contributed by atoms with van der Waals surface area (Å²) in [6.07, 6.45) is 4.24. The molecule has 1 saturated heterocycles. The number of likely N-dealkylation sites (tertiary alicyclic amines) is 1. The minimum atomic E-state index is -0.735. The fourth-order valence-corrected chi connectivity index (χ4v) is 3.19. The molecule has 1 atom stereocenters. The molecule has 5 heteroatoms. The number of rotatable bonds is 5. The molecule has 110 valence electrons. The fourth-order valence-electron chi connectivity index (χ4n) is 2.78. The number of nitrogens with zero attached hydrogens (tertiary/aromatic N) is 1. The molecule has 1 aromatic carbocycles. The molecule has 0 spiro atoms. The number of phenols is 1. The zero-order valence-corrected chi connectivity index (χ0v) is 13.0. The van der Waals surface area contributed by atoms with Gasteiger partial charge in [-0.3, -0.25) is 9.69 Å². The van der Waals surface area contributed by atoms with Gasteiger partial charge in [0.15, 0.2) is 0 Å². The van der Waals surface area contributed by atoms with Gasteiger partial charge in [0.05, 0.1) is 0 Å². The Bertz CT molecular complexity index is 478. The Hall–Kier alpha value is -1.07. The van der Waals surface area contributed by atoms with Crippen LogP contribution in [0.3, 0.4) is 0 Å². The molecule has 1 aromatic rings. The Balaban J connectivity index is 2.04. The number of halogens is 1. The molecule has 4 nitrogen and oxygen atoms in total. The van der Waals surface area contributed by atoms with E-state index in [1.165, 1.54) is 0 Å². The van der Waals surface area contributed by atoms with Crippen LogP contribution in [0.4, 0.5) is 0 Å². The van der Waals surface area contributed by atoms with E-state index < -0.39 is 5.97 Å². The second kappa shape index (κ2) is 7.09. The number of hydrogen-bond donors (Lipinski definition) is 2. The zero-order chi connectivity index (χ0) is 14.5. The Kier molecular flexibility index (Phi) is 5.43. The SMILES string of the molecule is O=C(O)CCC1CCCCN1Cc1cc(Br)ccc1O. The van der Waals surface area contributed by atoms with Gasteiger partial charge in [-0.15, -0.1) is 0 Å². The topological polar surface area (TPSA) is 60.8 Å². The monoisotopic (exact) mass is 341 g/mol. The maximum Gasteiger partial charge on any atom is 0.303 e. The van der Waals surface area contributed by atoms with Crippen LogP contribution in [0.1, 0.15) is 37.7 Å². The van der Waals surface area contributed by atoms with Gasteiger partial charge < -0.3 is 10.2 Å². The number of phenolic OH excluding ortho intramolecular Hbond substituents is 1. The number of piperidine rings is 1. The molecule has 0 aromatic heterocycles. The molecule has 20 heavy (non-hydrogen) atoms. The van der Waals surface area contributed by atoms with E-state index in [4.69, 9.17) is 5.11 Å². The molecule has 1 unspecified atom stereocenters. The number of benzene rings is 1. The molecule has 0 saturated carbocycles. The number of aliphatic carboxylic acids is 1. The lowest BCUT2D eigenvalue weighted by molar-refractivity contribution is -0.137. The van der Waals surface area contributed by atoms with Crippen LogP contribution in [-0.2, 0) is 11.3 Å². The quantitative estimate of drug-likeness (QED) is 0.861. The highest BCUT2D eigenvalue weighted by atomic mass is 79.9. The first-order valence-electron chi connectivity index (χ1n) is 6.99. The summed E-state index contributed by atoms with van der Waals surface area (Å²) < 4.78 is 0.949. The molecular weight excluding hydrogens is 322 g/mol. The second-order valence-corrected chi connectivity index (χ2v) is 6.24. The van der Waals surface area contributed by atoms with Crippen molar-refractivity contribution in [3.8, 4) is 5.75 Å². The molecule has 2 N–H and O–H groups in total. The molecule has 0 amide bonds. The lowest BCUT2D eigenvalue weighted by Crippen LogP contribution is -2.39. The van der Waals surface area contributed by atoms with Crippen LogP contribution < -0.4 is 0 Å². The third kappa shape index (κ3) is 4.21. The van der Waals surface area contributed by atoms with Crippen molar-refractivity contribution in [2.75, 3.05) is 6.54 Å². The number of hydrogen-bond acceptors (Lipinski definition) is 3. The minimum absolute atomic E-state index is 0.214. The van der Waals surface area contributed by atoms with Crippen molar-refractivity contribution in [3.63, 3.8) is 0 Å². The van der Waals surface area contributed by atoms with Gasteiger partial charge >= 0.3 is 5.97 Å². The van der Waals surface area contributed by atoms with Gasteiger partial charge in [0.1, 0.15) is 5.75 Å². The smallest absolute Gasteiger partial charge is 0.303 e. The first-order chi connectivity index (χ1) is 9.56. The predicted molar refractivity (Wildman–Crippen MR) is 80.7 cm³/mol. The highest BCUT2D eigenvalue weighted by Gasteiger charge is 2.23. The van der Waals surface area contributed by atoms with Crippen LogP contribution in [0.25, 0.3) is 0 Å². The van der Waals surface area contributed by atoms with Gasteiger partial charge in [-0.2, -0.15) is 0 Å². The Morgan fingerprint density at radius 2 is 2.20 bits per heavy atom. The van der Waals surface area contributed by atoms with Crippen LogP contribution in [0.15, 0.2) is 22.7 Å². The van der Waals surface area contributed by atoms with Gasteiger partial charge in [-0.05, 0) is 44.0 Å². The highest BCUT2D eigenvalue weighted by molar-refractivity contribution is 9.10. The summed E-state index contributed by atoms with van der Waals surface area (Å²) in [5, 5.41) is 18.8. The molecule has 1 fully saturated rings. The van der Waals surface area contributed by atoms with Crippen LogP contribution >= 0.6 is 15.9 Å². The minimum Gasteiger partial charge on any atom is -0.508 e. The van der Waals surface area contributed by atoms with Crippen molar-refractivity contribution in [2.45, 2.75) is 44.7 Å². The maximum atomic E-state index is 10.7. The van der Waals surface area contributed by atoms with Crippen molar-refractivity contribution in [1.82, 2.24) is 4.90 Å². The standard InChI is InChI=1S/C15H20BrNO3/c16-12-4-6-14(18)11(9-12)10-17-8-2-1-3-13(17)5-7-15(19)20/h4,6,9,13,18H,1-3,5,7-8,10H2,(H,19,20). The average molecular weight is 342 g/mol. The van der Waals surface area contributed by atoms with E-state index in [-0.39, 0.29) is 6.42 Å². The molecule has 1 aliphatic heterocycles. The van der Waals surface area contributed by atoms with Crippen molar-refractivity contribution in [3.05, 3.63) is 28.2 Å².